The minimum Gasteiger partial charge on any atom is -0.396 e. The van der Waals surface area contributed by atoms with E-state index in [9.17, 15) is 14.3 Å². The zero-order valence-corrected chi connectivity index (χ0v) is 12.4. The minimum atomic E-state index is -4.20. The molecule has 110 valence electrons. The molecule has 2 atom stereocenters. The van der Waals surface area contributed by atoms with Crippen LogP contribution < -0.4 is 0 Å². The lowest BCUT2D eigenvalue weighted by Gasteiger charge is -2.23. The van der Waals surface area contributed by atoms with Crippen molar-refractivity contribution in [2.45, 2.75) is 39.2 Å². The highest BCUT2D eigenvalue weighted by Crippen LogP contribution is 2.47. The number of carbonyl (C=O) groups is 1. The summed E-state index contributed by atoms with van der Waals surface area (Å²) >= 11 is 0. The molecule has 19 heavy (non-hydrogen) atoms. The van der Waals surface area contributed by atoms with E-state index in [0.29, 0.717) is 0 Å². The van der Waals surface area contributed by atoms with Crippen molar-refractivity contribution >= 4 is 13.6 Å². The van der Waals surface area contributed by atoms with E-state index in [2.05, 4.69) is 5.92 Å². The molecule has 0 aromatic heterocycles. The summed E-state index contributed by atoms with van der Waals surface area (Å²) in [6, 6.07) is 0. The smallest absolute Gasteiger partial charge is 0.396 e. The van der Waals surface area contributed by atoms with Crippen LogP contribution in [0.5, 0.6) is 0 Å². The molecule has 0 aromatic rings. The zero-order valence-electron chi connectivity index (χ0n) is 11.5. The largest absolute Gasteiger partial charge is 0.472 e. The molecule has 0 spiro atoms. The molecule has 0 saturated heterocycles. The molecule has 0 aliphatic rings. The third-order valence-corrected chi connectivity index (χ3v) is 3.19. The first-order chi connectivity index (χ1) is 8.59. The molecule has 0 bridgehead atoms. The van der Waals surface area contributed by atoms with Gasteiger partial charge in [-0.1, -0.05) is 5.92 Å². The molecule has 0 heterocycles. The fourth-order valence-electron chi connectivity index (χ4n) is 1.26. The Morgan fingerprint density at radius 3 is 2.47 bits per heavy atom. The fraction of sp³-hybridized carbons (Fsp3) is 0.750. The van der Waals surface area contributed by atoms with Crippen molar-refractivity contribution in [1.29, 1.82) is 0 Å². The Morgan fingerprint density at radius 1 is 1.47 bits per heavy atom. The second-order valence-electron chi connectivity index (χ2n) is 5.14. The molecule has 0 aliphatic heterocycles. The van der Waals surface area contributed by atoms with Crippen LogP contribution in [0.2, 0.25) is 0 Å². The SMILES string of the molecule is C#CCC(=O)CC(CO)COP(=O)(O)OC(C)(C)C. The summed E-state index contributed by atoms with van der Waals surface area (Å²) in [7, 11) is -4.20. The number of aliphatic hydroxyl groups is 1. The summed E-state index contributed by atoms with van der Waals surface area (Å²) in [5.74, 6) is 1.39. The molecule has 0 aliphatic carbocycles. The Labute approximate surface area is 113 Å². The molecule has 6 nitrogen and oxygen atoms in total. The second-order valence-corrected chi connectivity index (χ2v) is 6.52. The number of rotatable bonds is 8. The predicted molar refractivity (Wildman–Crippen MR) is 70.3 cm³/mol. The molecule has 0 radical (unpaired) electrons. The van der Waals surface area contributed by atoms with Gasteiger partial charge in [0.15, 0.2) is 0 Å². The predicted octanol–water partition coefficient (Wildman–Crippen LogP) is 1.51. The van der Waals surface area contributed by atoms with Crippen molar-refractivity contribution < 1.29 is 28.4 Å². The summed E-state index contributed by atoms with van der Waals surface area (Å²) in [5.41, 5.74) is -0.835. The van der Waals surface area contributed by atoms with Crippen LogP contribution in [0, 0.1) is 18.3 Å². The van der Waals surface area contributed by atoms with Crippen molar-refractivity contribution in [2.75, 3.05) is 13.2 Å². The van der Waals surface area contributed by atoms with E-state index < -0.39 is 19.3 Å². The first-order valence-electron chi connectivity index (χ1n) is 5.83. The summed E-state index contributed by atoms with van der Waals surface area (Å²) in [6.07, 6.45) is 4.95. The highest BCUT2D eigenvalue weighted by Gasteiger charge is 2.29. The van der Waals surface area contributed by atoms with E-state index in [-0.39, 0.29) is 31.8 Å². The summed E-state index contributed by atoms with van der Waals surface area (Å²) in [6.45, 7) is 4.24. The van der Waals surface area contributed by atoms with Gasteiger partial charge in [0.05, 0.1) is 18.6 Å². The second kappa shape index (κ2) is 7.78. The Bertz CT molecular complexity index is 379. The highest BCUT2D eigenvalue weighted by molar-refractivity contribution is 7.47. The van der Waals surface area contributed by atoms with Gasteiger partial charge in [-0.2, -0.15) is 0 Å². The normalized spacial score (nSPS) is 16.4. The van der Waals surface area contributed by atoms with E-state index in [1.165, 1.54) is 0 Å². The third kappa shape index (κ3) is 9.83. The van der Waals surface area contributed by atoms with Crippen molar-refractivity contribution in [3.05, 3.63) is 0 Å². The van der Waals surface area contributed by atoms with Crippen LogP contribution in [-0.2, 0) is 18.4 Å². The monoisotopic (exact) mass is 292 g/mol. The Balaban J connectivity index is 4.31. The number of aliphatic hydroxyl groups excluding tert-OH is 1. The molecular formula is C12H21O6P. The number of ketones is 1. The molecule has 0 aromatic carbocycles. The van der Waals surface area contributed by atoms with Crippen LogP contribution in [0.25, 0.3) is 0 Å². The van der Waals surface area contributed by atoms with Gasteiger partial charge < -0.3 is 10.00 Å². The van der Waals surface area contributed by atoms with Crippen molar-refractivity contribution in [1.82, 2.24) is 0 Å². The van der Waals surface area contributed by atoms with Gasteiger partial charge in [-0.15, -0.1) is 6.42 Å². The van der Waals surface area contributed by atoms with Crippen molar-refractivity contribution in [3.8, 4) is 12.3 Å². The van der Waals surface area contributed by atoms with E-state index in [1.54, 1.807) is 20.8 Å². The average molecular weight is 292 g/mol. The molecular weight excluding hydrogens is 271 g/mol. The van der Waals surface area contributed by atoms with Gasteiger partial charge in [0.25, 0.3) is 0 Å². The number of hydrogen-bond donors (Lipinski definition) is 2. The van der Waals surface area contributed by atoms with Crippen LogP contribution in [0.4, 0.5) is 0 Å². The van der Waals surface area contributed by atoms with Crippen LogP contribution >= 0.6 is 7.82 Å². The Hall–Kier alpha value is -0.700. The first-order valence-corrected chi connectivity index (χ1v) is 7.33. The summed E-state index contributed by atoms with van der Waals surface area (Å²) in [4.78, 5) is 20.7. The average Bonchev–Trinajstić information content (AvgIpc) is 2.21. The quantitative estimate of drug-likeness (QED) is 0.520. The van der Waals surface area contributed by atoms with Gasteiger partial charge in [0.1, 0.15) is 5.78 Å². The number of hydrogen-bond acceptors (Lipinski definition) is 5. The lowest BCUT2D eigenvalue weighted by molar-refractivity contribution is -0.119. The van der Waals surface area contributed by atoms with Gasteiger partial charge in [0.2, 0.25) is 0 Å². The van der Waals surface area contributed by atoms with Gasteiger partial charge >= 0.3 is 7.82 Å². The fourth-order valence-corrected chi connectivity index (χ4v) is 2.40. The van der Waals surface area contributed by atoms with Crippen molar-refractivity contribution in [3.63, 3.8) is 0 Å². The molecule has 0 amide bonds. The zero-order chi connectivity index (χ0) is 15.1. The standard InChI is InChI=1S/C12H21O6P/c1-5-6-11(14)7-10(8-13)9-17-19(15,16)18-12(2,3)4/h1,10,13H,6-9H2,2-4H3,(H,15,16). The lowest BCUT2D eigenvalue weighted by Crippen LogP contribution is -2.21. The maximum absolute atomic E-state index is 11.6. The van der Waals surface area contributed by atoms with Crippen LogP contribution in [0.3, 0.4) is 0 Å². The van der Waals surface area contributed by atoms with Crippen molar-refractivity contribution in [2.24, 2.45) is 5.92 Å². The molecule has 0 saturated carbocycles. The van der Waals surface area contributed by atoms with E-state index in [1.807, 2.05) is 0 Å². The third-order valence-electron chi connectivity index (χ3n) is 1.94. The first kappa shape index (κ1) is 18.3. The Morgan fingerprint density at radius 2 is 2.05 bits per heavy atom. The lowest BCUT2D eigenvalue weighted by atomic mass is 10.0. The summed E-state index contributed by atoms with van der Waals surface area (Å²) < 4.78 is 21.2. The topological polar surface area (TPSA) is 93.1 Å². The molecule has 0 rings (SSSR count). The van der Waals surface area contributed by atoms with Crippen LogP contribution in [0.15, 0.2) is 0 Å². The molecule has 2 N–H and O–H groups in total. The maximum Gasteiger partial charge on any atom is 0.472 e. The number of carbonyl (C=O) groups excluding carboxylic acids is 1. The summed E-state index contributed by atoms with van der Waals surface area (Å²) in [5, 5.41) is 9.08. The number of terminal acetylenes is 1. The number of phosphoric acid groups is 1. The highest BCUT2D eigenvalue weighted by atomic mass is 31.2. The number of phosphoric ester groups is 1. The number of Topliss-reactive ketones (excluding diaryl/α,β-unsaturated/α-hetero) is 1. The molecule has 2 unspecified atom stereocenters. The molecule has 7 heteroatoms. The van der Waals surface area contributed by atoms with Crippen LogP contribution in [0.1, 0.15) is 33.6 Å². The van der Waals surface area contributed by atoms with Gasteiger partial charge in [-0.25, -0.2) is 4.57 Å². The van der Waals surface area contributed by atoms with Gasteiger partial charge in [-0.05, 0) is 20.8 Å². The van der Waals surface area contributed by atoms with E-state index in [4.69, 9.17) is 20.6 Å². The minimum absolute atomic E-state index is 0.00375. The van der Waals surface area contributed by atoms with Crippen LogP contribution in [-0.4, -0.2) is 34.6 Å². The van der Waals surface area contributed by atoms with E-state index in [0.717, 1.165) is 0 Å². The van der Waals surface area contributed by atoms with E-state index >= 15 is 0 Å². The van der Waals surface area contributed by atoms with Gasteiger partial charge in [-0.3, -0.25) is 13.8 Å². The Kier molecular flexibility index (Phi) is 7.50. The molecule has 0 fully saturated rings. The van der Waals surface area contributed by atoms with Gasteiger partial charge in [0, 0.05) is 18.9 Å². The maximum atomic E-state index is 11.6.